The van der Waals surface area contributed by atoms with Gasteiger partial charge in [0.15, 0.2) is 12.6 Å². The zero-order valence-corrected chi connectivity index (χ0v) is 14.2. The van der Waals surface area contributed by atoms with Crippen molar-refractivity contribution in [3.8, 4) is 11.5 Å². The average Bonchev–Trinajstić information content (AvgIpc) is 2.54. The zero-order chi connectivity index (χ0) is 16.0. The standard InChI is InChI=1S/C18H15BrO4/c1-10-2-3-16-13(4-10)15(20)7-17(23-16)14-6-12(19)5-11-8-21-9-22-18(11)14/h2-6,17H,7-9H2,1H3. The van der Waals surface area contributed by atoms with Gasteiger partial charge in [0.05, 0.1) is 18.6 Å². The molecule has 1 unspecified atom stereocenters. The van der Waals surface area contributed by atoms with E-state index >= 15 is 0 Å². The van der Waals surface area contributed by atoms with Gasteiger partial charge in [0, 0.05) is 15.6 Å². The summed E-state index contributed by atoms with van der Waals surface area (Å²) >= 11 is 3.51. The Bertz CT molecular complexity index is 800. The smallest absolute Gasteiger partial charge is 0.189 e. The second kappa shape index (κ2) is 5.65. The van der Waals surface area contributed by atoms with Crippen molar-refractivity contribution < 1.29 is 19.0 Å². The molecule has 4 rings (SSSR count). The Hall–Kier alpha value is -1.85. The lowest BCUT2D eigenvalue weighted by Gasteiger charge is -2.29. The molecule has 2 aromatic rings. The van der Waals surface area contributed by atoms with Crippen LogP contribution in [0.25, 0.3) is 0 Å². The maximum atomic E-state index is 12.5. The highest BCUT2D eigenvalue weighted by molar-refractivity contribution is 9.10. The van der Waals surface area contributed by atoms with E-state index in [-0.39, 0.29) is 18.7 Å². The van der Waals surface area contributed by atoms with Gasteiger partial charge in [-0.15, -0.1) is 0 Å². The Morgan fingerprint density at radius 2 is 2.09 bits per heavy atom. The molecule has 2 aliphatic heterocycles. The number of Topliss-reactive ketones (excluding diaryl/α,β-unsaturated/α-hetero) is 1. The lowest BCUT2D eigenvalue weighted by molar-refractivity contribution is -0.0184. The van der Waals surface area contributed by atoms with Gasteiger partial charge in [0.1, 0.15) is 17.6 Å². The second-order valence-corrected chi connectivity index (χ2v) is 6.74. The van der Waals surface area contributed by atoms with Crippen LogP contribution in [0.1, 0.15) is 39.6 Å². The van der Waals surface area contributed by atoms with E-state index in [9.17, 15) is 4.79 Å². The normalized spacial score (nSPS) is 19.4. The molecule has 0 N–H and O–H groups in total. The number of aryl methyl sites for hydroxylation is 1. The maximum absolute atomic E-state index is 12.5. The molecular weight excluding hydrogens is 360 g/mol. The van der Waals surface area contributed by atoms with Crippen molar-refractivity contribution in [2.24, 2.45) is 0 Å². The number of ketones is 1. The third-order valence-corrected chi connectivity index (χ3v) is 4.58. The van der Waals surface area contributed by atoms with Gasteiger partial charge in [-0.3, -0.25) is 4.79 Å². The monoisotopic (exact) mass is 374 g/mol. The van der Waals surface area contributed by atoms with Crippen LogP contribution in [-0.2, 0) is 11.3 Å². The molecule has 0 aromatic heterocycles. The first-order chi connectivity index (χ1) is 11.1. The molecule has 0 radical (unpaired) electrons. The van der Waals surface area contributed by atoms with Gasteiger partial charge in [-0.25, -0.2) is 0 Å². The number of hydrogen-bond acceptors (Lipinski definition) is 4. The summed E-state index contributed by atoms with van der Waals surface area (Å²) < 4.78 is 18.0. The number of hydrogen-bond donors (Lipinski definition) is 0. The average molecular weight is 375 g/mol. The zero-order valence-electron chi connectivity index (χ0n) is 12.6. The summed E-state index contributed by atoms with van der Waals surface area (Å²) in [5.41, 5.74) is 3.57. The molecule has 1 atom stereocenters. The number of ether oxygens (including phenoxy) is 3. The number of carbonyl (C=O) groups excluding carboxylic acids is 1. The van der Waals surface area contributed by atoms with Crippen molar-refractivity contribution in [3.05, 3.63) is 57.1 Å². The van der Waals surface area contributed by atoms with E-state index in [1.807, 2.05) is 37.3 Å². The minimum atomic E-state index is -0.345. The Labute approximate surface area is 142 Å². The quantitative estimate of drug-likeness (QED) is 0.744. The Morgan fingerprint density at radius 3 is 2.96 bits per heavy atom. The predicted molar refractivity (Wildman–Crippen MR) is 87.9 cm³/mol. The molecule has 5 heteroatoms. The summed E-state index contributed by atoms with van der Waals surface area (Å²) in [7, 11) is 0. The number of fused-ring (bicyclic) bond motifs is 2. The first-order valence-electron chi connectivity index (χ1n) is 7.45. The summed E-state index contributed by atoms with van der Waals surface area (Å²) in [4.78, 5) is 12.5. The molecule has 2 heterocycles. The Balaban J connectivity index is 1.76. The third-order valence-electron chi connectivity index (χ3n) is 4.13. The van der Waals surface area contributed by atoms with Crippen LogP contribution in [0.2, 0.25) is 0 Å². The predicted octanol–water partition coefficient (Wildman–Crippen LogP) is 4.33. The van der Waals surface area contributed by atoms with Crippen LogP contribution >= 0.6 is 15.9 Å². The topological polar surface area (TPSA) is 44.8 Å². The summed E-state index contributed by atoms with van der Waals surface area (Å²) in [6.45, 7) is 2.69. The molecule has 0 spiro atoms. The van der Waals surface area contributed by atoms with E-state index in [1.54, 1.807) is 0 Å². The van der Waals surface area contributed by atoms with Crippen LogP contribution in [0.4, 0.5) is 0 Å². The van der Waals surface area contributed by atoms with E-state index in [2.05, 4.69) is 15.9 Å². The fraction of sp³-hybridized carbons (Fsp3) is 0.278. The van der Waals surface area contributed by atoms with Gasteiger partial charge in [-0.2, -0.15) is 0 Å². The molecule has 0 aliphatic carbocycles. The van der Waals surface area contributed by atoms with Crippen molar-refractivity contribution in [2.45, 2.75) is 26.1 Å². The van der Waals surface area contributed by atoms with Crippen LogP contribution < -0.4 is 9.47 Å². The van der Waals surface area contributed by atoms with Crippen LogP contribution in [0.15, 0.2) is 34.8 Å². The van der Waals surface area contributed by atoms with E-state index in [4.69, 9.17) is 14.2 Å². The van der Waals surface area contributed by atoms with Gasteiger partial charge in [-0.1, -0.05) is 27.6 Å². The van der Waals surface area contributed by atoms with E-state index in [1.165, 1.54) is 0 Å². The van der Waals surface area contributed by atoms with Crippen molar-refractivity contribution in [1.29, 1.82) is 0 Å². The fourth-order valence-electron chi connectivity index (χ4n) is 3.06. The molecule has 0 saturated carbocycles. The van der Waals surface area contributed by atoms with Crippen LogP contribution in [-0.4, -0.2) is 12.6 Å². The van der Waals surface area contributed by atoms with Gasteiger partial charge >= 0.3 is 0 Å². The van der Waals surface area contributed by atoms with Crippen LogP contribution in [0, 0.1) is 6.92 Å². The number of carbonyl (C=O) groups is 1. The van der Waals surface area contributed by atoms with Crippen LogP contribution in [0.3, 0.4) is 0 Å². The molecule has 0 fully saturated rings. The lowest BCUT2D eigenvalue weighted by Crippen LogP contribution is -2.23. The van der Waals surface area contributed by atoms with Gasteiger partial charge < -0.3 is 14.2 Å². The number of benzene rings is 2. The minimum Gasteiger partial charge on any atom is -0.484 e. The van der Waals surface area contributed by atoms with Gasteiger partial charge in [-0.05, 0) is 31.2 Å². The lowest BCUT2D eigenvalue weighted by atomic mass is 9.93. The number of halogens is 1. The van der Waals surface area contributed by atoms with Gasteiger partial charge in [0.2, 0.25) is 0 Å². The van der Waals surface area contributed by atoms with E-state index < -0.39 is 0 Å². The van der Waals surface area contributed by atoms with Crippen molar-refractivity contribution >= 4 is 21.7 Å². The first kappa shape index (κ1) is 14.7. The molecule has 2 aliphatic rings. The minimum absolute atomic E-state index is 0.0979. The molecule has 0 bridgehead atoms. The summed E-state index contributed by atoms with van der Waals surface area (Å²) in [6, 6.07) is 9.63. The Morgan fingerprint density at radius 1 is 1.22 bits per heavy atom. The largest absolute Gasteiger partial charge is 0.484 e. The highest BCUT2D eigenvalue weighted by Gasteiger charge is 2.31. The Kier molecular flexibility index (Phi) is 3.62. The molecule has 0 saturated heterocycles. The summed E-state index contributed by atoms with van der Waals surface area (Å²) in [5, 5.41) is 0. The second-order valence-electron chi connectivity index (χ2n) is 5.83. The summed E-state index contributed by atoms with van der Waals surface area (Å²) in [6.07, 6.45) is -0.0362. The molecular formula is C18H15BrO4. The fourth-order valence-corrected chi connectivity index (χ4v) is 3.58. The molecule has 4 nitrogen and oxygen atoms in total. The van der Waals surface area contributed by atoms with Crippen molar-refractivity contribution in [1.82, 2.24) is 0 Å². The van der Waals surface area contributed by atoms with Crippen LogP contribution in [0.5, 0.6) is 11.5 Å². The van der Waals surface area contributed by atoms with E-state index in [0.717, 1.165) is 26.9 Å². The molecule has 2 aromatic carbocycles. The van der Waals surface area contributed by atoms with Crippen molar-refractivity contribution in [2.75, 3.05) is 6.79 Å². The molecule has 23 heavy (non-hydrogen) atoms. The van der Waals surface area contributed by atoms with E-state index in [0.29, 0.717) is 24.3 Å². The van der Waals surface area contributed by atoms with Crippen molar-refractivity contribution in [3.63, 3.8) is 0 Å². The highest BCUT2D eigenvalue weighted by Crippen LogP contribution is 2.42. The maximum Gasteiger partial charge on any atom is 0.189 e. The number of rotatable bonds is 1. The third kappa shape index (κ3) is 2.64. The molecule has 0 amide bonds. The highest BCUT2D eigenvalue weighted by atomic mass is 79.9. The first-order valence-corrected chi connectivity index (χ1v) is 8.24. The molecule has 118 valence electrons. The SMILES string of the molecule is Cc1ccc2c(c1)C(=O)CC(c1cc(Br)cc3c1OCOC3)O2. The summed E-state index contributed by atoms with van der Waals surface area (Å²) in [5.74, 6) is 1.51. The van der Waals surface area contributed by atoms with Gasteiger partial charge in [0.25, 0.3) is 0 Å².